The van der Waals surface area contributed by atoms with E-state index < -0.39 is 11.0 Å². The largest absolute Gasteiger partial charge is 0.326 e. The SMILES string of the molecule is CC(C)(C)C(=O)Nn1c(CC(=O)Nc2ccccc2)nc2ccccc2c1=O. The zero-order valence-corrected chi connectivity index (χ0v) is 16.0. The zero-order valence-electron chi connectivity index (χ0n) is 16.0. The average molecular weight is 378 g/mol. The van der Waals surface area contributed by atoms with Crippen molar-refractivity contribution < 1.29 is 9.59 Å². The molecule has 0 bridgehead atoms. The number of hydrogen-bond donors (Lipinski definition) is 2. The smallest absolute Gasteiger partial charge is 0.280 e. The van der Waals surface area contributed by atoms with Crippen LogP contribution in [0.2, 0.25) is 0 Å². The first-order chi connectivity index (χ1) is 13.3. The predicted molar refractivity (Wildman–Crippen MR) is 109 cm³/mol. The van der Waals surface area contributed by atoms with Gasteiger partial charge in [-0.25, -0.2) is 9.66 Å². The van der Waals surface area contributed by atoms with E-state index >= 15 is 0 Å². The number of aromatic nitrogens is 2. The summed E-state index contributed by atoms with van der Waals surface area (Å²) >= 11 is 0. The summed E-state index contributed by atoms with van der Waals surface area (Å²) in [5, 5.41) is 3.13. The van der Waals surface area contributed by atoms with Crippen LogP contribution < -0.4 is 16.3 Å². The average Bonchev–Trinajstić information content (AvgIpc) is 2.64. The van der Waals surface area contributed by atoms with E-state index in [0.29, 0.717) is 16.6 Å². The topological polar surface area (TPSA) is 93.1 Å². The lowest BCUT2D eigenvalue weighted by molar-refractivity contribution is -0.124. The van der Waals surface area contributed by atoms with Crippen molar-refractivity contribution in [3.05, 3.63) is 70.8 Å². The first-order valence-corrected chi connectivity index (χ1v) is 8.93. The summed E-state index contributed by atoms with van der Waals surface area (Å²) in [4.78, 5) is 42.3. The number of fused-ring (bicyclic) bond motifs is 1. The Bertz CT molecular complexity index is 1080. The molecule has 0 unspecified atom stereocenters. The molecule has 2 N–H and O–H groups in total. The van der Waals surface area contributed by atoms with Crippen molar-refractivity contribution in [2.45, 2.75) is 27.2 Å². The van der Waals surface area contributed by atoms with Crippen molar-refractivity contribution >= 4 is 28.4 Å². The molecule has 3 aromatic rings. The van der Waals surface area contributed by atoms with Gasteiger partial charge < -0.3 is 5.32 Å². The Hall–Kier alpha value is -3.48. The van der Waals surface area contributed by atoms with Crippen LogP contribution in [0.1, 0.15) is 26.6 Å². The second-order valence-electron chi connectivity index (χ2n) is 7.47. The summed E-state index contributed by atoms with van der Waals surface area (Å²) in [5.41, 5.74) is 2.57. The Morgan fingerprint density at radius 3 is 2.32 bits per heavy atom. The molecule has 7 heteroatoms. The number of carbonyl (C=O) groups excluding carboxylic acids is 2. The lowest BCUT2D eigenvalue weighted by atomic mass is 9.96. The number of carbonyl (C=O) groups is 2. The first-order valence-electron chi connectivity index (χ1n) is 8.93. The van der Waals surface area contributed by atoms with Gasteiger partial charge in [0.25, 0.3) is 5.56 Å². The standard InChI is InChI=1S/C21H22N4O3/c1-21(2,3)20(28)24-25-17(13-18(26)22-14-9-5-4-6-10-14)23-16-12-8-7-11-15(16)19(25)27/h4-12H,13H2,1-3H3,(H,22,26)(H,24,28). The van der Waals surface area contributed by atoms with Crippen molar-refractivity contribution in [2.24, 2.45) is 5.41 Å². The fourth-order valence-corrected chi connectivity index (χ4v) is 2.55. The molecule has 144 valence electrons. The molecule has 0 saturated heterocycles. The van der Waals surface area contributed by atoms with Crippen LogP contribution in [0.15, 0.2) is 59.4 Å². The molecule has 2 amide bonds. The fourth-order valence-electron chi connectivity index (χ4n) is 2.55. The highest BCUT2D eigenvalue weighted by Gasteiger charge is 2.24. The summed E-state index contributed by atoms with van der Waals surface area (Å²) in [7, 11) is 0. The monoisotopic (exact) mass is 378 g/mol. The summed E-state index contributed by atoms with van der Waals surface area (Å²) in [6, 6.07) is 15.8. The van der Waals surface area contributed by atoms with Crippen LogP contribution in [0.3, 0.4) is 0 Å². The molecule has 0 aliphatic heterocycles. The van der Waals surface area contributed by atoms with Gasteiger partial charge in [-0.1, -0.05) is 51.1 Å². The van der Waals surface area contributed by atoms with E-state index in [0.717, 1.165) is 4.68 Å². The third kappa shape index (κ3) is 4.25. The third-order valence-electron chi connectivity index (χ3n) is 4.12. The van der Waals surface area contributed by atoms with E-state index in [4.69, 9.17) is 0 Å². The molecule has 0 fully saturated rings. The molecule has 0 aliphatic rings. The van der Waals surface area contributed by atoms with Crippen molar-refractivity contribution in [3.63, 3.8) is 0 Å². The number of nitrogens with one attached hydrogen (secondary N) is 2. The van der Waals surface area contributed by atoms with Gasteiger partial charge in [-0.05, 0) is 24.3 Å². The molecule has 0 atom stereocenters. The van der Waals surface area contributed by atoms with E-state index in [2.05, 4.69) is 15.7 Å². The number of nitrogens with zero attached hydrogens (tertiary/aromatic N) is 2. The van der Waals surface area contributed by atoms with Gasteiger partial charge in [0, 0.05) is 11.1 Å². The third-order valence-corrected chi connectivity index (χ3v) is 4.12. The Morgan fingerprint density at radius 1 is 1.00 bits per heavy atom. The Kier molecular flexibility index (Phi) is 5.26. The summed E-state index contributed by atoms with van der Waals surface area (Å²) < 4.78 is 1.07. The highest BCUT2D eigenvalue weighted by molar-refractivity contribution is 5.93. The van der Waals surface area contributed by atoms with Gasteiger partial charge >= 0.3 is 0 Å². The molecule has 0 aliphatic carbocycles. The second-order valence-corrected chi connectivity index (χ2v) is 7.47. The lowest BCUT2D eigenvalue weighted by Crippen LogP contribution is -2.41. The summed E-state index contributed by atoms with van der Waals surface area (Å²) in [5.74, 6) is -0.529. The highest BCUT2D eigenvalue weighted by atomic mass is 16.2. The molecule has 7 nitrogen and oxygen atoms in total. The first kappa shape index (κ1) is 19.3. The number of rotatable bonds is 4. The van der Waals surface area contributed by atoms with Crippen LogP contribution in [0.4, 0.5) is 5.69 Å². The van der Waals surface area contributed by atoms with Crippen molar-refractivity contribution in [2.75, 3.05) is 10.7 Å². The molecular weight excluding hydrogens is 356 g/mol. The Balaban J connectivity index is 1.99. The molecular formula is C21H22N4O3. The van der Waals surface area contributed by atoms with Gasteiger partial charge in [-0.15, -0.1) is 0 Å². The maximum atomic E-state index is 12.9. The normalized spacial score (nSPS) is 11.2. The van der Waals surface area contributed by atoms with Crippen LogP contribution in [0.25, 0.3) is 10.9 Å². The number of amides is 2. The quantitative estimate of drug-likeness (QED) is 0.730. The number of para-hydroxylation sites is 2. The molecule has 1 heterocycles. The van der Waals surface area contributed by atoms with E-state index in [1.54, 1.807) is 57.2 Å². The lowest BCUT2D eigenvalue weighted by Gasteiger charge is -2.20. The number of hydrogen-bond acceptors (Lipinski definition) is 4. The van der Waals surface area contributed by atoms with E-state index in [-0.39, 0.29) is 24.1 Å². The van der Waals surface area contributed by atoms with E-state index in [1.165, 1.54) is 0 Å². The minimum atomic E-state index is -0.714. The van der Waals surface area contributed by atoms with Gasteiger partial charge in [0.1, 0.15) is 5.82 Å². The maximum absolute atomic E-state index is 12.9. The Morgan fingerprint density at radius 2 is 1.64 bits per heavy atom. The van der Waals surface area contributed by atoms with E-state index in [1.807, 2.05) is 18.2 Å². The molecule has 1 aromatic heterocycles. The van der Waals surface area contributed by atoms with Gasteiger partial charge in [-0.2, -0.15) is 0 Å². The minimum Gasteiger partial charge on any atom is -0.326 e. The maximum Gasteiger partial charge on any atom is 0.280 e. The van der Waals surface area contributed by atoms with Crippen molar-refractivity contribution in [3.8, 4) is 0 Å². The molecule has 2 aromatic carbocycles. The van der Waals surface area contributed by atoms with Crippen LogP contribution >= 0.6 is 0 Å². The predicted octanol–water partition coefficient (Wildman–Crippen LogP) is 2.69. The molecule has 3 rings (SSSR count). The van der Waals surface area contributed by atoms with Crippen molar-refractivity contribution in [1.82, 2.24) is 9.66 Å². The van der Waals surface area contributed by atoms with Gasteiger partial charge in [0.15, 0.2) is 0 Å². The highest BCUT2D eigenvalue weighted by Crippen LogP contribution is 2.14. The summed E-state index contributed by atoms with van der Waals surface area (Å²) in [6.07, 6.45) is -0.167. The van der Waals surface area contributed by atoms with Gasteiger partial charge in [-0.3, -0.25) is 19.8 Å². The number of benzene rings is 2. The minimum absolute atomic E-state index is 0.162. The molecule has 0 spiro atoms. The molecule has 28 heavy (non-hydrogen) atoms. The van der Waals surface area contributed by atoms with Crippen LogP contribution in [0.5, 0.6) is 0 Å². The van der Waals surface area contributed by atoms with Crippen LogP contribution in [0, 0.1) is 5.41 Å². The van der Waals surface area contributed by atoms with Crippen LogP contribution in [-0.4, -0.2) is 21.5 Å². The second kappa shape index (κ2) is 7.64. The van der Waals surface area contributed by atoms with Crippen molar-refractivity contribution in [1.29, 1.82) is 0 Å². The van der Waals surface area contributed by atoms with E-state index in [9.17, 15) is 14.4 Å². The number of anilines is 1. The molecule has 0 saturated carbocycles. The summed E-state index contributed by atoms with van der Waals surface area (Å²) in [6.45, 7) is 5.22. The molecule has 0 radical (unpaired) electrons. The van der Waals surface area contributed by atoms with Gasteiger partial charge in [0.05, 0.1) is 17.3 Å². The fraction of sp³-hybridized carbons (Fsp3) is 0.238. The van der Waals surface area contributed by atoms with Gasteiger partial charge in [0.2, 0.25) is 11.8 Å². The Labute approximate surface area is 162 Å². The van der Waals surface area contributed by atoms with Crippen LogP contribution in [-0.2, 0) is 16.0 Å². The zero-order chi connectivity index (χ0) is 20.3.